The number of hydrogen-bond donors (Lipinski definition) is 3. The second-order valence-corrected chi connectivity index (χ2v) is 3.70. The third-order valence-corrected chi connectivity index (χ3v) is 2.45. The Hall–Kier alpha value is -1.93. The summed E-state index contributed by atoms with van der Waals surface area (Å²) < 4.78 is 5.20. The largest absolute Gasteiger partial charge is 0.379 e. The van der Waals surface area contributed by atoms with E-state index in [4.69, 9.17) is 10.6 Å². The van der Waals surface area contributed by atoms with Gasteiger partial charge < -0.3 is 15.5 Å². The number of ether oxygens (including phenoxy) is 1. The number of nitrogen functional groups attached to an aromatic ring is 1. The van der Waals surface area contributed by atoms with Crippen LogP contribution in [0.25, 0.3) is 0 Å². The van der Waals surface area contributed by atoms with Crippen LogP contribution in [0.5, 0.6) is 0 Å². The molecule has 8 nitrogen and oxygen atoms in total. The zero-order valence-corrected chi connectivity index (χ0v) is 9.05. The lowest BCUT2D eigenvalue weighted by Gasteiger charge is -2.11. The van der Waals surface area contributed by atoms with Gasteiger partial charge in [0.15, 0.2) is 0 Å². The molecule has 17 heavy (non-hydrogen) atoms. The van der Waals surface area contributed by atoms with Gasteiger partial charge in [0.2, 0.25) is 0 Å². The van der Waals surface area contributed by atoms with Gasteiger partial charge in [-0.2, -0.15) is 0 Å². The summed E-state index contributed by atoms with van der Waals surface area (Å²) in [7, 11) is 0. The summed E-state index contributed by atoms with van der Waals surface area (Å²) >= 11 is 0. The van der Waals surface area contributed by atoms with Gasteiger partial charge in [0.1, 0.15) is 11.6 Å². The molecule has 1 aliphatic rings. The zero-order valence-electron chi connectivity index (χ0n) is 9.05. The lowest BCUT2D eigenvalue weighted by atomic mass is 10.2. The number of nitrogens with two attached hydrogens (primary N) is 1. The van der Waals surface area contributed by atoms with Crippen LogP contribution in [0.2, 0.25) is 0 Å². The van der Waals surface area contributed by atoms with Crippen LogP contribution in [0, 0.1) is 10.1 Å². The van der Waals surface area contributed by atoms with E-state index in [1.165, 1.54) is 12.1 Å². The van der Waals surface area contributed by atoms with E-state index in [0.717, 1.165) is 6.42 Å². The summed E-state index contributed by atoms with van der Waals surface area (Å²) in [5.41, 5.74) is 2.24. The highest BCUT2D eigenvalue weighted by atomic mass is 16.6. The van der Waals surface area contributed by atoms with Gasteiger partial charge in [-0.15, -0.1) is 0 Å². The molecule has 1 unspecified atom stereocenters. The van der Waals surface area contributed by atoms with Gasteiger partial charge in [-0.1, -0.05) is 0 Å². The molecule has 1 aromatic heterocycles. The molecule has 4 N–H and O–H groups in total. The molecule has 2 rings (SSSR count). The maximum absolute atomic E-state index is 10.7. The van der Waals surface area contributed by atoms with Gasteiger partial charge in [-0.3, -0.25) is 10.1 Å². The molecule has 0 spiro atoms. The van der Waals surface area contributed by atoms with E-state index in [0.29, 0.717) is 19.0 Å². The molecular formula is C9H13N5O3. The minimum Gasteiger partial charge on any atom is -0.379 e. The zero-order chi connectivity index (χ0) is 12.3. The van der Waals surface area contributed by atoms with Gasteiger partial charge in [-0.25, -0.2) is 10.8 Å². The van der Waals surface area contributed by atoms with Crippen LogP contribution in [0.3, 0.4) is 0 Å². The predicted octanol–water partition coefficient (Wildman–Crippen LogP) is 0.476. The minimum atomic E-state index is -0.487. The molecule has 92 valence electrons. The fourth-order valence-corrected chi connectivity index (χ4v) is 1.63. The molecule has 0 aromatic carbocycles. The van der Waals surface area contributed by atoms with Crippen molar-refractivity contribution in [1.29, 1.82) is 0 Å². The van der Waals surface area contributed by atoms with E-state index < -0.39 is 4.92 Å². The number of anilines is 2. The number of nitrogens with zero attached hydrogens (tertiary/aromatic N) is 2. The highest BCUT2D eigenvalue weighted by Crippen LogP contribution is 2.21. The normalized spacial score (nSPS) is 19.0. The van der Waals surface area contributed by atoms with Crippen LogP contribution < -0.4 is 16.6 Å². The van der Waals surface area contributed by atoms with E-state index in [9.17, 15) is 10.1 Å². The van der Waals surface area contributed by atoms with Gasteiger partial charge in [-0.05, 0) is 6.42 Å². The van der Waals surface area contributed by atoms with E-state index in [-0.39, 0.29) is 17.5 Å². The van der Waals surface area contributed by atoms with Crippen molar-refractivity contribution in [3.8, 4) is 0 Å². The quantitative estimate of drug-likeness (QED) is 0.397. The van der Waals surface area contributed by atoms with Gasteiger partial charge >= 0.3 is 0 Å². The fourth-order valence-electron chi connectivity index (χ4n) is 1.63. The smallest absolute Gasteiger partial charge is 0.276 e. The Kier molecular flexibility index (Phi) is 3.35. The number of hydrazine groups is 1. The van der Waals surface area contributed by atoms with E-state index in [1.54, 1.807) is 0 Å². The predicted molar refractivity (Wildman–Crippen MR) is 61.5 cm³/mol. The molecule has 2 heterocycles. The van der Waals surface area contributed by atoms with Gasteiger partial charge in [0.05, 0.1) is 29.7 Å². The molecule has 1 atom stereocenters. The van der Waals surface area contributed by atoms with Crippen LogP contribution in [-0.2, 0) is 4.74 Å². The lowest BCUT2D eigenvalue weighted by Crippen LogP contribution is -2.20. The Bertz CT molecular complexity index is 419. The molecular weight excluding hydrogens is 226 g/mol. The maximum atomic E-state index is 10.7. The summed E-state index contributed by atoms with van der Waals surface area (Å²) in [4.78, 5) is 14.3. The summed E-state index contributed by atoms with van der Waals surface area (Å²) in [6.45, 7) is 1.27. The number of aromatic nitrogens is 1. The van der Waals surface area contributed by atoms with Crippen molar-refractivity contribution < 1.29 is 9.66 Å². The fraction of sp³-hybridized carbons (Fsp3) is 0.444. The van der Waals surface area contributed by atoms with E-state index >= 15 is 0 Å². The number of nitrogens with one attached hydrogen (secondary N) is 2. The summed E-state index contributed by atoms with van der Waals surface area (Å²) in [5.74, 6) is 5.88. The van der Waals surface area contributed by atoms with Crippen molar-refractivity contribution in [3.63, 3.8) is 0 Å². The second kappa shape index (κ2) is 4.93. The first kappa shape index (κ1) is 11.6. The Balaban J connectivity index is 2.19. The van der Waals surface area contributed by atoms with Crippen molar-refractivity contribution in [2.24, 2.45) is 5.84 Å². The minimum absolute atomic E-state index is 0.0608. The molecule has 0 amide bonds. The van der Waals surface area contributed by atoms with Crippen molar-refractivity contribution in [3.05, 3.63) is 22.2 Å². The molecule has 0 bridgehead atoms. The molecule has 1 aromatic rings. The van der Waals surface area contributed by atoms with Crippen LogP contribution in [0.1, 0.15) is 6.42 Å². The summed E-state index contributed by atoms with van der Waals surface area (Å²) in [6, 6.07) is 2.78. The molecule has 8 heteroatoms. The van der Waals surface area contributed by atoms with Crippen molar-refractivity contribution in [1.82, 2.24) is 4.98 Å². The number of pyridine rings is 1. The molecule has 0 aliphatic carbocycles. The van der Waals surface area contributed by atoms with Gasteiger partial charge in [0.25, 0.3) is 5.69 Å². The lowest BCUT2D eigenvalue weighted by molar-refractivity contribution is -0.384. The van der Waals surface area contributed by atoms with Crippen molar-refractivity contribution in [2.75, 3.05) is 24.0 Å². The topological polar surface area (TPSA) is 115 Å². The third kappa shape index (κ3) is 2.80. The van der Waals surface area contributed by atoms with Crippen molar-refractivity contribution >= 4 is 17.3 Å². The molecule has 0 radical (unpaired) electrons. The number of hydrogen-bond acceptors (Lipinski definition) is 7. The standard InChI is InChI=1S/C9H13N5O3/c10-13-9-4-7(14(15)16)3-8(12-9)11-6-1-2-17-5-6/h3-4,6H,1-2,5,10H2,(H2,11,12,13). The van der Waals surface area contributed by atoms with Crippen LogP contribution in [0.4, 0.5) is 17.3 Å². The summed E-state index contributed by atoms with van der Waals surface area (Å²) in [5, 5.41) is 13.8. The SMILES string of the molecule is NNc1cc([N+](=O)[O-])cc(NC2CCOC2)n1. The Morgan fingerprint density at radius 1 is 1.53 bits per heavy atom. The third-order valence-electron chi connectivity index (χ3n) is 2.45. The molecule has 1 saturated heterocycles. The van der Waals surface area contributed by atoms with Crippen LogP contribution in [-0.4, -0.2) is 29.2 Å². The van der Waals surface area contributed by atoms with Crippen molar-refractivity contribution in [2.45, 2.75) is 12.5 Å². The van der Waals surface area contributed by atoms with E-state index in [1.807, 2.05) is 0 Å². The number of rotatable bonds is 4. The highest BCUT2D eigenvalue weighted by molar-refractivity contribution is 5.54. The second-order valence-electron chi connectivity index (χ2n) is 3.70. The Labute approximate surface area is 97.3 Å². The first-order chi connectivity index (χ1) is 8.19. The van der Waals surface area contributed by atoms with Crippen LogP contribution >= 0.6 is 0 Å². The highest BCUT2D eigenvalue weighted by Gasteiger charge is 2.18. The monoisotopic (exact) mass is 239 g/mol. The number of nitro groups is 1. The van der Waals surface area contributed by atoms with E-state index in [2.05, 4.69) is 15.7 Å². The van der Waals surface area contributed by atoms with Gasteiger partial charge in [0, 0.05) is 6.61 Å². The Morgan fingerprint density at radius 3 is 2.88 bits per heavy atom. The Morgan fingerprint density at radius 2 is 2.29 bits per heavy atom. The summed E-state index contributed by atoms with van der Waals surface area (Å²) in [6.07, 6.45) is 0.857. The first-order valence-electron chi connectivity index (χ1n) is 5.16. The van der Waals surface area contributed by atoms with Crippen LogP contribution in [0.15, 0.2) is 12.1 Å². The average Bonchev–Trinajstić information content (AvgIpc) is 2.81. The first-order valence-corrected chi connectivity index (χ1v) is 5.16. The maximum Gasteiger partial charge on any atom is 0.276 e. The average molecular weight is 239 g/mol. The molecule has 1 aliphatic heterocycles. The molecule has 0 saturated carbocycles. The molecule has 1 fully saturated rings.